The molecule has 0 saturated heterocycles. The predicted octanol–water partition coefficient (Wildman–Crippen LogP) is 3.70. The van der Waals surface area contributed by atoms with Crippen LogP contribution in [0.5, 0.6) is 0 Å². The molecule has 0 radical (unpaired) electrons. The number of benzene rings is 1. The molecule has 20 heavy (non-hydrogen) atoms. The Morgan fingerprint density at radius 3 is 2.40 bits per heavy atom. The van der Waals surface area contributed by atoms with Gasteiger partial charge >= 0.3 is 0 Å². The van der Waals surface area contributed by atoms with Crippen LogP contribution in [0.1, 0.15) is 20.8 Å². The van der Waals surface area contributed by atoms with Gasteiger partial charge in [-0.2, -0.15) is 0 Å². The van der Waals surface area contributed by atoms with E-state index >= 15 is 0 Å². The first kappa shape index (κ1) is 14.5. The Morgan fingerprint density at radius 2 is 1.85 bits per heavy atom. The maximum atomic E-state index is 4.18. The Hall–Kier alpha value is -1.87. The van der Waals surface area contributed by atoms with Gasteiger partial charge in [-0.15, -0.1) is 0 Å². The van der Waals surface area contributed by atoms with Crippen LogP contribution in [-0.4, -0.2) is 34.6 Å². The van der Waals surface area contributed by atoms with Gasteiger partial charge in [-0.3, -0.25) is 4.98 Å². The summed E-state index contributed by atoms with van der Waals surface area (Å²) in [6, 6.07) is 12.7. The van der Waals surface area contributed by atoms with E-state index in [1.165, 1.54) is 11.1 Å². The minimum atomic E-state index is 0.569. The molecule has 1 atom stereocenters. The maximum absolute atomic E-state index is 4.18. The fraction of sp³-hybridized carbons (Fsp3) is 0.353. The van der Waals surface area contributed by atoms with Gasteiger partial charge in [-0.05, 0) is 39.0 Å². The number of nitrogens with zero attached hydrogens (tertiary/aromatic N) is 3. The summed E-state index contributed by atoms with van der Waals surface area (Å²) in [6.07, 6.45) is 4.09. The van der Waals surface area contributed by atoms with Crippen LogP contribution in [0, 0.1) is 0 Å². The Kier molecular flexibility index (Phi) is 4.74. The standard InChI is InChI=1S/C9H7N.C8H16N2/c1-2-6-9-8(4-1)5-3-7-10-9;1-5-10-8(3)6-7(2)9(10)4/h1-7H;6-7H,5H2,1-4H3. The lowest BCUT2D eigenvalue weighted by atomic mass is 10.2. The summed E-state index contributed by atoms with van der Waals surface area (Å²) in [5.74, 6) is 0. The first-order chi connectivity index (χ1) is 9.63. The van der Waals surface area contributed by atoms with E-state index in [-0.39, 0.29) is 0 Å². The topological polar surface area (TPSA) is 19.4 Å². The van der Waals surface area contributed by atoms with Gasteiger partial charge in [-0.1, -0.05) is 24.3 Å². The molecule has 1 unspecified atom stereocenters. The Labute approximate surface area is 121 Å². The second kappa shape index (κ2) is 6.53. The van der Waals surface area contributed by atoms with E-state index in [1.54, 1.807) is 0 Å². The van der Waals surface area contributed by atoms with Crippen molar-refractivity contribution < 1.29 is 0 Å². The molecule has 1 aliphatic rings. The molecule has 0 N–H and O–H groups in total. The highest BCUT2D eigenvalue weighted by Crippen LogP contribution is 2.18. The molecule has 3 heteroatoms. The molecular formula is C17H23N3. The fourth-order valence-corrected chi connectivity index (χ4v) is 2.50. The number of aromatic nitrogens is 1. The van der Waals surface area contributed by atoms with E-state index in [1.807, 2.05) is 30.5 Å². The van der Waals surface area contributed by atoms with Crippen molar-refractivity contribution in [2.75, 3.05) is 13.6 Å². The minimum absolute atomic E-state index is 0.569. The van der Waals surface area contributed by atoms with Gasteiger partial charge in [0.2, 0.25) is 0 Å². The van der Waals surface area contributed by atoms with Crippen LogP contribution in [0.2, 0.25) is 0 Å². The average Bonchev–Trinajstić information content (AvgIpc) is 2.72. The molecule has 0 amide bonds. The number of hydrazine groups is 1. The summed E-state index contributed by atoms with van der Waals surface area (Å²) < 4.78 is 0. The van der Waals surface area contributed by atoms with Gasteiger partial charge < -0.3 is 5.01 Å². The third-order valence-electron chi connectivity index (χ3n) is 3.67. The highest BCUT2D eigenvalue weighted by Gasteiger charge is 2.21. The molecule has 1 aromatic heterocycles. The third kappa shape index (κ3) is 3.17. The summed E-state index contributed by atoms with van der Waals surface area (Å²) in [5, 5.41) is 5.74. The monoisotopic (exact) mass is 269 g/mol. The quantitative estimate of drug-likeness (QED) is 0.787. The number of hydrogen-bond donors (Lipinski definition) is 0. The molecule has 2 aromatic rings. The number of allylic oxidation sites excluding steroid dienone is 1. The lowest BCUT2D eigenvalue weighted by molar-refractivity contribution is 0.0465. The molecule has 0 saturated carbocycles. The summed E-state index contributed by atoms with van der Waals surface area (Å²) in [5.41, 5.74) is 2.43. The predicted molar refractivity (Wildman–Crippen MR) is 85.1 cm³/mol. The van der Waals surface area contributed by atoms with Crippen LogP contribution in [0.4, 0.5) is 0 Å². The van der Waals surface area contributed by atoms with Gasteiger partial charge in [-0.25, -0.2) is 5.01 Å². The van der Waals surface area contributed by atoms with Crippen LogP contribution < -0.4 is 0 Å². The van der Waals surface area contributed by atoms with Crippen molar-refractivity contribution in [2.24, 2.45) is 0 Å². The van der Waals surface area contributed by atoms with Crippen molar-refractivity contribution in [3.05, 3.63) is 54.4 Å². The molecule has 106 valence electrons. The molecular weight excluding hydrogens is 246 g/mol. The van der Waals surface area contributed by atoms with Gasteiger partial charge in [0.1, 0.15) is 0 Å². The lowest BCUT2D eigenvalue weighted by Gasteiger charge is -2.29. The second-order valence-corrected chi connectivity index (χ2v) is 5.03. The molecule has 2 heterocycles. The summed E-state index contributed by atoms with van der Waals surface area (Å²) >= 11 is 0. The Bertz CT molecular complexity index is 526. The van der Waals surface area contributed by atoms with Crippen molar-refractivity contribution >= 4 is 10.9 Å². The number of fused-ring (bicyclic) bond motifs is 1. The minimum Gasteiger partial charge on any atom is -0.310 e. The van der Waals surface area contributed by atoms with Crippen molar-refractivity contribution in [3.8, 4) is 0 Å². The fourth-order valence-electron chi connectivity index (χ4n) is 2.50. The van der Waals surface area contributed by atoms with Crippen molar-refractivity contribution in [3.63, 3.8) is 0 Å². The number of hydrogen-bond acceptors (Lipinski definition) is 3. The molecule has 1 aliphatic heterocycles. The molecule has 0 aliphatic carbocycles. The normalized spacial score (nSPS) is 18.7. The molecule has 0 fully saturated rings. The second-order valence-electron chi connectivity index (χ2n) is 5.03. The van der Waals surface area contributed by atoms with Crippen LogP contribution in [0.3, 0.4) is 0 Å². The number of rotatable bonds is 1. The largest absolute Gasteiger partial charge is 0.310 e. The maximum Gasteiger partial charge on any atom is 0.0701 e. The third-order valence-corrected chi connectivity index (χ3v) is 3.67. The summed E-state index contributed by atoms with van der Waals surface area (Å²) in [4.78, 5) is 4.18. The van der Waals surface area contributed by atoms with Gasteiger partial charge in [0.25, 0.3) is 0 Å². The first-order valence-corrected chi connectivity index (χ1v) is 7.12. The van der Waals surface area contributed by atoms with Crippen LogP contribution in [-0.2, 0) is 0 Å². The zero-order valence-corrected chi connectivity index (χ0v) is 12.7. The van der Waals surface area contributed by atoms with Crippen LogP contribution in [0.25, 0.3) is 10.9 Å². The van der Waals surface area contributed by atoms with E-state index in [2.05, 4.69) is 61.0 Å². The van der Waals surface area contributed by atoms with E-state index in [9.17, 15) is 0 Å². The smallest absolute Gasteiger partial charge is 0.0701 e. The number of para-hydroxylation sites is 1. The Morgan fingerprint density at radius 1 is 1.15 bits per heavy atom. The van der Waals surface area contributed by atoms with Crippen molar-refractivity contribution in [1.29, 1.82) is 0 Å². The molecule has 1 aromatic carbocycles. The zero-order valence-electron chi connectivity index (χ0n) is 12.7. The van der Waals surface area contributed by atoms with Crippen molar-refractivity contribution in [2.45, 2.75) is 26.8 Å². The number of pyridine rings is 1. The number of likely N-dealkylation sites (N-methyl/N-ethyl adjacent to an activating group) is 1. The van der Waals surface area contributed by atoms with Gasteiger partial charge in [0.15, 0.2) is 0 Å². The highest BCUT2D eigenvalue weighted by atomic mass is 15.6. The lowest BCUT2D eigenvalue weighted by Crippen LogP contribution is -2.37. The molecule has 3 nitrogen and oxygen atoms in total. The SMILES string of the molecule is CCN1C(C)=CC(C)N1C.c1ccc2ncccc2c1. The van der Waals surface area contributed by atoms with E-state index < -0.39 is 0 Å². The van der Waals surface area contributed by atoms with Gasteiger partial charge in [0, 0.05) is 36.9 Å². The Balaban J connectivity index is 0.000000147. The van der Waals surface area contributed by atoms with Crippen LogP contribution in [0.15, 0.2) is 54.4 Å². The van der Waals surface area contributed by atoms with E-state index in [4.69, 9.17) is 0 Å². The first-order valence-electron chi connectivity index (χ1n) is 7.12. The molecule has 0 bridgehead atoms. The van der Waals surface area contributed by atoms with E-state index in [0.717, 1.165) is 12.1 Å². The van der Waals surface area contributed by atoms with Crippen LogP contribution >= 0.6 is 0 Å². The highest BCUT2D eigenvalue weighted by molar-refractivity contribution is 5.77. The average molecular weight is 269 g/mol. The van der Waals surface area contributed by atoms with Gasteiger partial charge in [0.05, 0.1) is 5.52 Å². The zero-order chi connectivity index (χ0) is 14.5. The van der Waals surface area contributed by atoms with E-state index in [0.29, 0.717) is 6.04 Å². The van der Waals surface area contributed by atoms with Crippen molar-refractivity contribution in [1.82, 2.24) is 15.0 Å². The summed E-state index contributed by atoms with van der Waals surface area (Å²) in [7, 11) is 2.13. The molecule has 3 rings (SSSR count). The summed E-state index contributed by atoms with van der Waals surface area (Å²) in [6.45, 7) is 7.61. The molecule has 0 spiro atoms.